The SMILES string of the molecule is C=CC(=O)NCCCCOc1cc(C(=O)O)c(C(=O)O)cc1OCCCCNC(=O)C=C. The van der Waals surface area contributed by atoms with Crippen molar-refractivity contribution in [1.29, 1.82) is 0 Å². The molecule has 0 fully saturated rings. The minimum atomic E-state index is -1.40. The van der Waals surface area contributed by atoms with Gasteiger partial charge in [-0.2, -0.15) is 0 Å². The number of ether oxygens (including phenoxy) is 2. The lowest BCUT2D eigenvalue weighted by Gasteiger charge is -2.15. The van der Waals surface area contributed by atoms with E-state index in [0.717, 1.165) is 12.1 Å². The molecule has 10 heteroatoms. The van der Waals surface area contributed by atoms with Crippen LogP contribution in [-0.4, -0.2) is 60.3 Å². The number of benzene rings is 1. The van der Waals surface area contributed by atoms with E-state index in [4.69, 9.17) is 9.47 Å². The lowest BCUT2D eigenvalue weighted by molar-refractivity contribution is -0.117. The third-order valence-corrected chi connectivity index (χ3v) is 4.17. The highest BCUT2D eigenvalue weighted by atomic mass is 16.5. The number of carboxylic acid groups (broad SMARTS) is 2. The lowest BCUT2D eigenvalue weighted by Crippen LogP contribution is -2.22. The largest absolute Gasteiger partial charge is 0.490 e. The zero-order valence-corrected chi connectivity index (χ0v) is 17.7. The number of amides is 2. The molecular weight excluding hydrogens is 420 g/mol. The van der Waals surface area contributed by atoms with E-state index in [1.807, 2.05) is 0 Å². The van der Waals surface area contributed by atoms with E-state index in [1.54, 1.807) is 0 Å². The Balaban J connectivity index is 2.75. The maximum Gasteiger partial charge on any atom is 0.336 e. The summed E-state index contributed by atoms with van der Waals surface area (Å²) in [6.07, 6.45) is 4.69. The Morgan fingerprint density at radius 2 is 1.12 bits per heavy atom. The highest BCUT2D eigenvalue weighted by Gasteiger charge is 2.21. The Morgan fingerprint density at radius 3 is 1.44 bits per heavy atom. The molecule has 174 valence electrons. The summed E-state index contributed by atoms with van der Waals surface area (Å²) in [6, 6.07) is 2.26. The first-order valence-electron chi connectivity index (χ1n) is 10.0. The summed E-state index contributed by atoms with van der Waals surface area (Å²) in [5.74, 6) is -3.13. The van der Waals surface area contributed by atoms with Gasteiger partial charge in [-0.15, -0.1) is 0 Å². The van der Waals surface area contributed by atoms with E-state index in [1.165, 1.54) is 12.2 Å². The molecule has 32 heavy (non-hydrogen) atoms. The van der Waals surface area contributed by atoms with Crippen molar-refractivity contribution < 1.29 is 38.9 Å². The molecule has 0 aliphatic carbocycles. The molecule has 1 rings (SSSR count). The highest BCUT2D eigenvalue weighted by Crippen LogP contribution is 2.32. The first-order chi connectivity index (χ1) is 15.3. The summed E-state index contributed by atoms with van der Waals surface area (Å²) in [4.78, 5) is 45.1. The Hall–Kier alpha value is -3.82. The highest BCUT2D eigenvalue weighted by molar-refractivity contribution is 6.02. The summed E-state index contributed by atoms with van der Waals surface area (Å²) in [7, 11) is 0. The molecule has 0 unspecified atom stereocenters. The van der Waals surface area contributed by atoms with Crippen molar-refractivity contribution in [3.05, 3.63) is 48.6 Å². The molecule has 0 heterocycles. The van der Waals surface area contributed by atoms with E-state index in [9.17, 15) is 29.4 Å². The molecule has 0 saturated heterocycles. The van der Waals surface area contributed by atoms with Crippen molar-refractivity contribution in [3.63, 3.8) is 0 Å². The van der Waals surface area contributed by atoms with Gasteiger partial charge < -0.3 is 30.3 Å². The quantitative estimate of drug-likeness (QED) is 0.221. The number of rotatable bonds is 16. The second kappa shape index (κ2) is 14.2. The third-order valence-electron chi connectivity index (χ3n) is 4.17. The summed E-state index contributed by atoms with van der Waals surface area (Å²) >= 11 is 0. The summed E-state index contributed by atoms with van der Waals surface area (Å²) < 4.78 is 11.3. The molecule has 1 aromatic carbocycles. The monoisotopic (exact) mass is 448 g/mol. The van der Waals surface area contributed by atoms with E-state index >= 15 is 0 Å². The molecule has 0 aliphatic heterocycles. The molecule has 0 atom stereocenters. The van der Waals surface area contributed by atoms with Gasteiger partial charge in [-0.3, -0.25) is 9.59 Å². The second-order valence-corrected chi connectivity index (χ2v) is 6.56. The van der Waals surface area contributed by atoms with Gasteiger partial charge >= 0.3 is 11.9 Å². The smallest absolute Gasteiger partial charge is 0.336 e. The van der Waals surface area contributed by atoms with E-state index < -0.39 is 23.1 Å². The number of hydrogen-bond acceptors (Lipinski definition) is 6. The van der Waals surface area contributed by atoms with Crippen molar-refractivity contribution in [2.45, 2.75) is 25.7 Å². The Morgan fingerprint density at radius 1 is 0.750 bits per heavy atom. The van der Waals surface area contributed by atoms with Crippen LogP contribution in [0.1, 0.15) is 46.4 Å². The molecule has 0 saturated carbocycles. The van der Waals surface area contributed by atoms with Gasteiger partial charge in [-0.25, -0.2) is 9.59 Å². The van der Waals surface area contributed by atoms with Gasteiger partial charge in [0.2, 0.25) is 11.8 Å². The van der Waals surface area contributed by atoms with Crippen LogP contribution in [0.3, 0.4) is 0 Å². The van der Waals surface area contributed by atoms with Crippen LogP contribution in [0.4, 0.5) is 0 Å². The predicted molar refractivity (Wildman–Crippen MR) is 116 cm³/mol. The summed E-state index contributed by atoms with van der Waals surface area (Å²) in [5, 5.41) is 23.9. The zero-order chi connectivity index (χ0) is 23.9. The number of aromatic carboxylic acids is 2. The van der Waals surface area contributed by atoms with Crippen molar-refractivity contribution in [1.82, 2.24) is 10.6 Å². The molecule has 1 aromatic rings. The topological polar surface area (TPSA) is 151 Å². The van der Waals surface area contributed by atoms with Crippen LogP contribution < -0.4 is 20.1 Å². The average molecular weight is 448 g/mol. The van der Waals surface area contributed by atoms with Crippen molar-refractivity contribution in [2.75, 3.05) is 26.3 Å². The first kappa shape index (κ1) is 26.2. The Bertz CT molecular complexity index is 782. The molecular formula is C22H28N2O8. The van der Waals surface area contributed by atoms with Gasteiger partial charge in [-0.1, -0.05) is 13.2 Å². The van der Waals surface area contributed by atoms with E-state index in [0.29, 0.717) is 38.8 Å². The summed E-state index contributed by atoms with van der Waals surface area (Å²) in [6.45, 7) is 7.99. The maximum absolute atomic E-state index is 11.5. The maximum atomic E-state index is 11.5. The van der Waals surface area contributed by atoms with Crippen molar-refractivity contribution in [3.8, 4) is 11.5 Å². The minimum absolute atomic E-state index is 0.113. The zero-order valence-electron chi connectivity index (χ0n) is 17.7. The van der Waals surface area contributed by atoms with Gasteiger partial charge in [-0.05, 0) is 50.0 Å². The standard InChI is InChI=1S/C22H28N2O8/c1-3-19(25)23-9-5-7-11-31-17-13-15(21(27)28)16(22(29)30)14-18(17)32-12-8-6-10-24-20(26)4-2/h3-4,13-14H,1-2,5-12H2,(H,23,25)(H,24,26)(H,27,28)(H,29,30). The number of carbonyl (C=O) groups excluding carboxylic acids is 2. The van der Waals surface area contributed by atoms with Gasteiger partial charge in [0, 0.05) is 13.1 Å². The van der Waals surface area contributed by atoms with Gasteiger partial charge in [0.15, 0.2) is 11.5 Å². The van der Waals surface area contributed by atoms with Crippen LogP contribution in [0.15, 0.2) is 37.4 Å². The first-order valence-corrected chi connectivity index (χ1v) is 10.0. The normalized spacial score (nSPS) is 10.0. The fourth-order valence-corrected chi connectivity index (χ4v) is 2.53. The molecule has 2 amide bonds. The number of nitrogens with one attached hydrogen (secondary N) is 2. The van der Waals surface area contributed by atoms with Gasteiger partial charge in [0.1, 0.15) is 0 Å². The number of unbranched alkanes of at least 4 members (excludes halogenated alkanes) is 2. The Kier molecular flexibility index (Phi) is 11.7. The van der Waals surface area contributed by atoms with Crippen LogP contribution in [0.5, 0.6) is 11.5 Å². The fourth-order valence-electron chi connectivity index (χ4n) is 2.53. The van der Waals surface area contributed by atoms with Crippen molar-refractivity contribution >= 4 is 23.8 Å². The Labute approximate surface area is 185 Å². The summed E-state index contributed by atoms with van der Waals surface area (Å²) in [5.41, 5.74) is -0.824. The van der Waals surface area contributed by atoms with Gasteiger partial charge in [0.25, 0.3) is 0 Å². The lowest BCUT2D eigenvalue weighted by atomic mass is 10.1. The third kappa shape index (κ3) is 9.33. The molecule has 10 nitrogen and oxygen atoms in total. The average Bonchev–Trinajstić information content (AvgIpc) is 2.77. The fraction of sp³-hybridized carbons (Fsp3) is 0.364. The molecule has 4 N–H and O–H groups in total. The van der Waals surface area contributed by atoms with E-state index in [-0.39, 0.29) is 36.5 Å². The molecule has 0 radical (unpaired) electrons. The number of carbonyl (C=O) groups is 4. The molecule has 0 bridgehead atoms. The molecule has 0 aromatic heterocycles. The van der Waals surface area contributed by atoms with Crippen LogP contribution in [0.2, 0.25) is 0 Å². The van der Waals surface area contributed by atoms with Crippen LogP contribution in [-0.2, 0) is 9.59 Å². The number of hydrogen-bond donors (Lipinski definition) is 4. The van der Waals surface area contributed by atoms with E-state index in [2.05, 4.69) is 23.8 Å². The van der Waals surface area contributed by atoms with Gasteiger partial charge in [0.05, 0.1) is 24.3 Å². The number of carboxylic acids is 2. The second-order valence-electron chi connectivity index (χ2n) is 6.56. The molecule has 0 aliphatic rings. The van der Waals surface area contributed by atoms with Crippen LogP contribution in [0, 0.1) is 0 Å². The minimum Gasteiger partial charge on any atom is -0.490 e. The van der Waals surface area contributed by atoms with Crippen LogP contribution in [0.25, 0.3) is 0 Å². The predicted octanol–water partition coefficient (Wildman–Crippen LogP) is 2.01. The molecule has 0 spiro atoms. The van der Waals surface area contributed by atoms with Crippen molar-refractivity contribution in [2.24, 2.45) is 0 Å². The van der Waals surface area contributed by atoms with Crippen LogP contribution >= 0.6 is 0 Å².